The largest absolute Gasteiger partial charge is 0.340 e. The summed E-state index contributed by atoms with van der Waals surface area (Å²) in [5.74, 6) is 1.29. The Morgan fingerprint density at radius 2 is 1.75 bits per heavy atom. The number of hydrogen-bond donors (Lipinski definition) is 1. The highest BCUT2D eigenvalue weighted by molar-refractivity contribution is 5.76. The Hall–Kier alpha value is -0.610. The Morgan fingerprint density at radius 1 is 1.00 bits per heavy atom. The molecule has 20 heavy (non-hydrogen) atoms. The van der Waals surface area contributed by atoms with Crippen molar-refractivity contribution >= 4 is 5.91 Å². The van der Waals surface area contributed by atoms with E-state index < -0.39 is 0 Å². The molecule has 3 rings (SSSR count). The first-order chi connectivity index (χ1) is 9.84. The molecule has 1 saturated carbocycles. The number of piperazine rings is 1. The van der Waals surface area contributed by atoms with E-state index in [2.05, 4.69) is 10.2 Å². The zero-order valence-corrected chi connectivity index (χ0v) is 12.6. The molecule has 0 bridgehead atoms. The molecule has 1 aliphatic carbocycles. The van der Waals surface area contributed by atoms with Gasteiger partial charge in [0.05, 0.1) is 0 Å². The molecule has 4 heteroatoms. The predicted octanol–water partition coefficient (Wildman–Crippen LogP) is 1.46. The van der Waals surface area contributed by atoms with Gasteiger partial charge in [0.1, 0.15) is 0 Å². The van der Waals surface area contributed by atoms with Crippen LogP contribution in [0.25, 0.3) is 0 Å². The van der Waals surface area contributed by atoms with Crippen LogP contribution >= 0.6 is 0 Å². The van der Waals surface area contributed by atoms with Gasteiger partial charge in [-0.15, -0.1) is 0 Å². The summed E-state index contributed by atoms with van der Waals surface area (Å²) in [6, 6.07) is 0.785. The maximum atomic E-state index is 12.3. The zero-order valence-electron chi connectivity index (χ0n) is 12.6. The van der Waals surface area contributed by atoms with Crippen LogP contribution in [0.1, 0.15) is 44.9 Å². The van der Waals surface area contributed by atoms with E-state index in [0.717, 1.165) is 51.1 Å². The number of nitrogens with zero attached hydrogens (tertiary/aromatic N) is 2. The van der Waals surface area contributed by atoms with Gasteiger partial charge < -0.3 is 10.2 Å². The van der Waals surface area contributed by atoms with Crippen LogP contribution in [-0.2, 0) is 4.79 Å². The predicted molar refractivity (Wildman–Crippen MR) is 80.6 cm³/mol. The molecule has 114 valence electrons. The standard InChI is InChI=1S/C16H29N3O/c20-16(19-12-8-17-9-13-19)7-11-18-10-3-6-15(18)14-4-1-2-5-14/h14-15,17H,1-13H2. The van der Waals surface area contributed by atoms with Crippen molar-refractivity contribution in [1.82, 2.24) is 15.1 Å². The van der Waals surface area contributed by atoms with Crippen molar-refractivity contribution in [3.05, 3.63) is 0 Å². The summed E-state index contributed by atoms with van der Waals surface area (Å²) in [7, 11) is 0. The minimum Gasteiger partial charge on any atom is -0.340 e. The van der Waals surface area contributed by atoms with E-state index in [1.807, 2.05) is 4.90 Å². The molecule has 0 aromatic rings. The van der Waals surface area contributed by atoms with Gasteiger partial charge in [-0.1, -0.05) is 12.8 Å². The van der Waals surface area contributed by atoms with Crippen LogP contribution < -0.4 is 5.32 Å². The molecule has 0 radical (unpaired) electrons. The zero-order chi connectivity index (χ0) is 13.8. The van der Waals surface area contributed by atoms with Crippen molar-refractivity contribution < 1.29 is 4.79 Å². The van der Waals surface area contributed by atoms with E-state index in [4.69, 9.17) is 0 Å². The number of likely N-dealkylation sites (tertiary alicyclic amines) is 1. The van der Waals surface area contributed by atoms with E-state index in [9.17, 15) is 4.79 Å². The number of hydrogen-bond acceptors (Lipinski definition) is 3. The summed E-state index contributed by atoms with van der Waals surface area (Å²) in [6.07, 6.45) is 9.13. The lowest BCUT2D eigenvalue weighted by atomic mass is 9.96. The number of nitrogens with one attached hydrogen (secondary N) is 1. The fraction of sp³-hybridized carbons (Fsp3) is 0.938. The summed E-state index contributed by atoms with van der Waals surface area (Å²) in [5.41, 5.74) is 0. The number of carbonyl (C=O) groups excluding carboxylic acids is 1. The fourth-order valence-electron chi connectivity index (χ4n) is 4.32. The van der Waals surface area contributed by atoms with E-state index in [0.29, 0.717) is 5.91 Å². The number of rotatable bonds is 4. The lowest BCUT2D eigenvalue weighted by molar-refractivity contribution is -0.132. The third-order valence-corrected chi connectivity index (χ3v) is 5.44. The van der Waals surface area contributed by atoms with Gasteiger partial charge in [-0.2, -0.15) is 0 Å². The first kappa shape index (κ1) is 14.3. The Morgan fingerprint density at radius 3 is 2.50 bits per heavy atom. The average molecular weight is 279 g/mol. The molecular formula is C16H29N3O. The minimum atomic E-state index is 0.364. The van der Waals surface area contributed by atoms with Crippen LogP contribution in [0.3, 0.4) is 0 Å². The molecule has 0 spiro atoms. The lowest BCUT2D eigenvalue weighted by Gasteiger charge is -2.31. The average Bonchev–Trinajstić information content (AvgIpc) is 3.16. The van der Waals surface area contributed by atoms with E-state index in [1.54, 1.807) is 0 Å². The monoisotopic (exact) mass is 279 g/mol. The van der Waals surface area contributed by atoms with Gasteiger partial charge in [-0.3, -0.25) is 9.69 Å². The number of amides is 1. The highest BCUT2D eigenvalue weighted by atomic mass is 16.2. The second kappa shape index (κ2) is 6.90. The molecule has 0 aromatic carbocycles. The molecule has 0 aromatic heterocycles. The summed E-state index contributed by atoms with van der Waals surface area (Å²) in [5, 5.41) is 3.31. The molecule has 1 atom stereocenters. The SMILES string of the molecule is O=C(CCN1CCCC1C1CCCC1)N1CCNCC1. The third kappa shape index (κ3) is 3.34. The van der Waals surface area contributed by atoms with Crippen molar-refractivity contribution in [1.29, 1.82) is 0 Å². The van der Waals surface area contributed by atoms with Crippen LogP contribution in [-0.4, -0.2) is 61.0 Å². The molecular weight excluding hydrogens is 250 g/mol. The second-order valence-electron chi connectivity index (χ2n) is 6.67. The molecule has 1 N–H and O–H groups in total. The van der Waals surface area contributed by atoms with Crippen molar-refractivity contribution in [3.8, 4) is 0 Å². The second-order valence-corrected chi connectivity index (χ2v) is 6.67. The highest BCUT2D eigenvalue weighted by Crippen LogP contribution is 2.35. The number of carbonyl (C=O) groups is 1. The first-order valence-electron chi connectivity index (χ1n) is 8.57. The van der Waals surface area contributed by atoms with Crippen molar-refractivity contribution in [2.45, 2.75) is 51.0 Å². The maximum Gasteiger partial charge on any atom is 0.223 e. The molecule has 2 saturated heterocycles. The molecule has 3 aliphatic rings. The van der Waals surface area contributed by atoms with Gasteiger partial charge in [0.25, 0.3) is 0 Å². The molecule has 4 nitrogen and oxygen atoms in total. The Labute approximate surface area is 122 Å². The maximum absolute atomic E-state index is 12.3. The lowest BCUT2D eigenvalue weighted by Crippen LogP contribution is -2.47. The minimum absolute atomic E-state index is 0.364. The molecule has 3 fully saturated rings. The Bertz CT molecular complexity index is 322. The van der Waals surface area contributed by atoms with Gasteiger partial charge in [0, 0.05) is 45.2 Å². The van der Waals surface area contributed by atoms with E-state index >= 15 is 0 Å². The summed E-state index contributed by atoms with van der Waals surface area (Å²) in [4.78, 5) is 16.9. The van der Waals surface area contributed by atoms with Gasteiger partial charge in [0.15, 0.2) is 0 Å². The quantitative estimate of drug-likeness (QED) is 0.846. The van der Waals surface area contributed by atoms with Gasteiger partial charge >= 0.3 is 0 Å². The van der Waals surface area contributed by atoms with Gasteiger partial charge in [0.2, 0.25) is 5.91 Å². The van der Waals surface area contributed by atoms with Crippen molar-refractivity contribution in [2.24, 2.45) is 5.92 Å². The molecule has 1 amide bonds. The van der Waals surface area contributed by atoms with Crippen LogP contribution in [0.15, 0.2) is 0 Å². The molecule has 1 unspecified atom stereocenters. The fourth-order valence-corrected chi connectivity index (χ4v) is 4.32. The van der Waals surface area contributed by atoms with Crippen LogP contribution in [0, 0.1) is 5.92 Å². The van der Waals surface area contributed by atoms with Crippen LogP contribution in [0.5, 0.6) is 0 Å². The molecule has 2 heterocycles. The molecule has 2 aliphatic heterocycles. The van der Waals surface area contributed by atoms with E-state index in [1.165, 1.54) is 45.1 Å². The highest BCUT2D eigenvalue weighted by Gasteiger charge is 2.33. The third-order valence-electron chi connectivity index (χ3n) is 5.44. The Kier molecular flexibility index (Phi) is 4.94. The summed E-state index contributed by atoms with van der Waals surface area (Å²) >= 11 is 0. The smallest absolute Gasteiger partial charge is 0.223 e. The first-order valence-corrected chi connectivity index (χ1v) is 8.57. The van der Waals surface area contributed by atoms with Gasteiger partial charge in [-0.25, -0.2) is 0 Å². The summed E-state index contributed by atoms with van der Waals surface area (Å²) in [6.45, 7) is 5.91. The van der Waals surface area contributed by atoms with Crippen LogP contribution in [0.4, 0.5) is 0 Å². The Balaban J connectivity index is 1.45. The van der Waals surface area contributed by atoms with Crippen molar-refractivity contribution in [2.75, 3.05) is 39.3 Å². The van der Waals surface area contributed by atoms with Crippen LogP contribution in [0.2, 0.25) is 0 Å². The summed E-state index contributed by atoms with van der Waals surface area (Å²) < 4.78 is 0. The van der Waals surface area contributed by atoms with E-state index in [-0.39, 0.29) is 0 Å². The normalized spacial score (nSPS) is 29.2. The topological polar surface area (TPSA) is 35.6 Å². The van der Waals surface area contributed by atoms with Gasteiger partial charge in [-0.05, 0) is 38.1 Å². The van der Waals surface area contributed by atoms with Crippen molar-refractivity contribution in [3.63, 3.8) is 0 Å².